The summed E-state index contributed by atoms with van der Waals surface area (Å²) < 4.78 is 33.5. The van der Waals surface area contributed by atoms with Gasteiger partial charge < -0.3 is 20.1 Å². The number of hydrogen-bond acceptors (Lipinski definition) is 7. The van der Waals surface area contributed by atoms with Crippen LogP contribution in [0.1, 0.15) is 194 Å². The van der Waals surface area contributed by atoms with Crippen LogP contribution in [0.2, 0.25) is 0 Å². The molecule has 0 rings (SSSR count). The summed E-state index contributed by atoms with van der Waals surface area (Å²) >= 11 is 0. The van der Waals surface area contributed by atoms with Gasteiger partial charge in [-0.2, -0.15) is 0 Å². The molecule has 0 fully saturated rings. The Labute approximate surface area is 368 Å². The van der Waals surface area contributed by atoms with Crippen molar-refractivity contribution in [3.05, 3.63) is 85.1 Å². The predicted molar refractivity (Wildman–Crippen MR) is 256 cm³/mol. The van der Waals surface area contributed by atoms with Crippen molar-refractivity contribution in [2.45, 2.75) is 200 Å². The van der Waals surface area contributed by atoms with Crippen LogP contribution >= 0.6 is 7.82 Å². The number of phosphoric acid groups is 1. The molecule has 0 aromatic heterocycles. The van der Waals surface area contributed by atoms with E-state index in [1.54, 1.807) is 0 Å². The predicted octanol–water partition coefficient (Wildman–Crippen LogP) is 14.9. The number of carbonyl (C=O) groups excluding carboxylic acids is 1. The van der Waals surface area contributed by atoms with E-state index < -0.39 is 13.9 Å². The maximum Gasteiger partial charge on any atom is 0.472 e. The van der Waals surface area contributed by atoms with Gasteiger partial charge in [0.25, 0.3) is 0 Å². The van der Waals surface area contributed by atoms with Crippen LogP contribution < -0.4 is 5.73 Å². The SMILES string of the molecule is CC/C=C\C/C=C\C/C=C\C/C=C\CCCCCCCCCCC(=O)OC(COCCCCCCCCC/C=C\C/C=C\C/C=C\CCCCC)COP(=O)(O)OCCN. The fraction of sp³-hybridized carbons (Fsp3) is 0.706. The molecule has 0 aliphatic rings. The lowest BCUT2D eigenvalue weighted by molar-refractivity contribution is -0.154. The Balaban J connectivity index is 4.04. The van der Waals surface area contributed by atoms with Gasteiger partial charge in [-0.25, -0.2) is 4.57 Å². The molecule has 9 heteroatoms. The van der Waals surface area contributed by atoms with Gasteiger partial charge in [0.05, 0.1) is 19.8 Å². The Bertz CT molecular complexity index is 1190. The highest BCUT2D eigenvalue weighted by Crippen LogP contribution is 2.43. The first-order valence-electron chi connectivity index (χ1n) is 24.1. The number of esters is 1. The van der Waals surface area contributed by atoms with Gasteiger partial charge in [-0.05, 0) is 89.9 Å². The summed E-state index contributed by atoms with van der Waals surface area (Å²) in [4.78, 5) is 22.6. The van der Waals surface area contributed by atoms with E-state index in [9.17, 15) is 14.3 Å². The van der Waals surface area contributed by atoms with E-state index in [2.05, 4.69) is 98.9 Å². The molecule has 0 aliphatic carbocycles. The maximum absolute atomic E-state index is 12.6. The fourth-order valence-corrected chi connectivity index (χ4v) is 7.05. The van der Waals surface area contributed by atoms with Crippen LogP contribution in [-0.2, 0) is 27.9 Å². The monoisotopic (exact) mass is 860 g/mol. The van der Waals surface area contributed by atoms with Crippen molar-refractivity contribution in [1.82, 2.24) is 0 Å². The van der Waals surface area contributed by atoms with Crippen LogP contribution in [0.15, 0.2) is 85.1 Å². The first-order chi connectivity index (χ1) is 29.4. The van der Waals surface area contributed by atoms with Crippen LogP contribution in [-0.4, -0.2) is 49.9 Å². The fourth-order valence-electron chi connectivity index (χ4n) is 6.29. The summed E-state index contributed by atoms with van der Waals surface area (Å²) in [6, 6.07) is 0. The van der Waals surface area contributed by atoms with E-state index in [0.717, 1.165) is 89.9 Å². The quantitative estimate of drug-likeness (QED) is 0.0269. The Morgan fingerprint density at radius 2 is 0.933 bits per heavy atom. The zero-order valence-corrected chi connectivity index (χ0v) is 39.3. The lowest BCUT2D eigenvalue weighted by Gasteiger charge is -2.20. The minimum atomic E-state index is -4.29. The highest BCUT2D eigenvalue weighted by Gasteiger charge is 2.25. The zero-order chi connectivity index (χ0) is 43.7. The van der Waals surface area contributed by atoms with Gasteiger partial charge >= 0.3 is 13.8 Å². The van der Waals surface area contributed by atoms with Crippen LogP contribution in [0, 0.1) is 0 Å². The maximum atomic E-state index is 12.6. The standard InChI is InChI=1S/C51H90NO7P/c1-3-5-7-9-11-13-15-17-19-21-23-25-26-28-30-32-34-36-38-40-42-44-51(53)59-50(49-58-60(54,55)57-47-45-52)48-56-46-43-41-39-37-35-33-31-29-27-24-22-20-18-16-14-12-10-8-6-4-2/h5,7,11-14,17-20,23-25,27,50H,3-4,6,8-10,15-16,21-22,26,28-49,52H2,1-2H3,(H,54,55)/b7-5-,13-11-,14-12-,19-17-,20-18-,25-23-,27-24-. The van der Waals surface area contributed by atoms with E-state index in [1.807, 2.05) is 0 Å². The Morgan fingerprint density at radius 3 is 1.40 bits per heavy atom. The number of phosphoric ester groups is 1. The number of allylic oxidation sites excluding steroid dienone is 14. The van der Waals surface area contributed by atoms with Crippen molar-refractivity contribution in [2.75, 3.05) is 33.0 Å². The Hall–Kier alpha value is -2.32. The van der Waals surface area contributed by atoms with E-state index in [1.165, 1.54) is 83.5 Å². The van der Waals surface area contributed by atoms with Gasteiger partial charge in [0.2, 0.25) is 0 Å². The number of rotatable bonds is 45. The average molecular weight is 860 g/mol. The third kappa shape index (κ3) is 46.7. The number of unbranched alkanes of at least 4 members (excludes halogenated alkanes) is 18. The third-order valence-electron chi connectivity index (χ3n) is 9.80. The summed E-state index contributed by atoms with van der Waals surface area (Å²) in [5.74, 6) is -0.345. The van der Waals surface area contributed by atoms with Crippen LogP contribution in [0.4, 0.5) is 0 Å². The highest BCUT2D eigenvalue weighted by molar-refractivity contribution is 7.47. The molecular weight excluding hydrogens is 770 g/mol. The molecule has 0 aromatic carbocycles. The second kappa shape index (κ2) is 47.7. The summed E-state index contributed by atoms with van der Waals surface area (Å²) in [6.07, 6.45) is 61.7. The van der Waals surface area contributed by atoms with Crippen LogP contribution in [0.5, 0.6) is 0 Å². The molecule has 0 bridgehead atoms. The van der Waals surface area contributed by atoms with E-state index in [-0.39, 0.29) is 32.3 Å². The number of hydrogen-bond donors (Lipinski definition) is 2. The highest BCUT2D eigenvalue weighted by atomic mass is 31.2. The molecule has 3 N–H and O–H groups in total. The molecule has 0 saturated carbocycles. The molecule has 0 aromatic rings. The summed E-state index contributed by atoms with van der Waals surface area (Å²) in [5, 5.41) is 0. The molecule has 0 aliphatic heterocycles. The van der Waals surface area contributed by atoms with Crippen molar-refractivity contribution in [3.63, 3.8) is 0 Å². The van der Waals surface area contributed by atoms with Crippen molar-refractivity contribution in [1.29, 1.82) is 0 Å². The zero-order valence-electron chi connectivity index (χ0n) is 38.4. The van der Waals surface area contributed by atoms with Gasteiger partial charge in [-0.1, -0.05) is 182 Å². The van der Waals surface area contributed by atoms with E-state index in [0.29, 0.717) is 13.0 Å². The summed E-state index contributed by atoms with van der Waals surface area (Å²) in [7, 11) is -4.29. The van der Waals surface area contributed by atoms with Crippen LogP contribution in [0.3, 0.4) is 0 Å². The molecule has 2 unspecified atom stereocenters. The molecule has 0 heterocycles. The minimum absolute atomic E-state index is 0.0926. The van der Waals surface area contributed by atoms with Gasteiger partial charge in [0.15, 0.2) is 0 Å². The number of nitrogens with two attached hydrogens (primary N) is 1. The molecule has 60 heavy (non-hydrogen) atoms. The van der Waals surface area contributed by atoms with Gasteiger partial charge in [0, 0.05) is 19.6 Å². The van der Waals surface area contributed by atoms with Crippen molar-refractivity contribution < 1.29 is 32.8 Å². The van der Waals surface area contributed by atoms with Gasteiger partial charge in [0.1, 0.15) is 6.10 Å². The molecular formula is C51H90NO7P. The lowest BCUT2D eigenvalue weighted by atomic mass is 10.1. The molecule has 8 nitrogen and oxygen atoms in total. The van der Waals surface area contributed by atoms with Crippen LogP contribution in [0.25, 0.3) is 0 Å². The van der Waals surface area contributed by atoms with Crippen molar-refractivity contribution in [2.24, 2.45) is 5.73 Å². The van der Waals surface area contributed by atoms with Gasteiger partial charge in [-0.3, -0.25) is 13.8 Å². The molecule has 0 radical (unpaired) electrons. The van der Waals surface area contributed by atoms with E-state index >= 15 is 0 Å². The molecule has 0 saturated heterocycles. The van der Waals surface area contributed by atoms with E-state index in [4.69, 9.17) is 24.3 Å². The third-order valence-corrected chi connectivity index (χ3v) is 10.8. The van der Waals surface area contributed by atoms with Gasteiger partial charge in [-0.15, -0.1) is 0 Å². The van der Waals surface area contributed by atoms with Crippen molar-refractivity contribution >= 4 is 13.8 Å². The average Bonchev–Trinajstić information content (AvgIpc) is 3.24. The molecule has 2 atom stereocenters. The minimum Gasteiger partial charge on any atom is -0.457 e. The molecule has 346 valence electrons. The number of ether oxygens (including phenoxy) is 2. The summed E-state index contributed by atoms with van der Waals surface area (Å²) in [5.41, 5.74) is 5.38. The Morgan fingerprint density at radius 1 is 0.517 bits per heavy atom. The summed E-state index contributed by atoms with van der Waals surface area (Å²) in [6.45, 7) is 4.74. The first kappa shape index (κ1) is 57.7. The largest absolute Gasteiger partial charge is 0.472 e. The molecule has 0 spiro atoms. The van der Waals surface area contributed by atoms with Crippen molar-refractivity contribution in [3.8, 4) is 0 Å². The molecule has 0 amide bonds. The first-order valence-corrected chi connectivity index (χ1v) is 25.6. The Kier molecular flexibility index (Phi) is 45.9. The second-order valence-electron chi connectivity index (χ2n) is 15.6. The lowest BCUT2D eigenvalue weighted by Crippen LogP contribution is -2.28. The normalized spacial score (nSPS) is 14.1. The topological polar surface area (TPSA) is 117 Å². The smallest absolute Gasteiger partial charge is 0.457 e. The second-order valence-corrected chi connectivity index (χ2v) is 17.0. The number of carbonyl (C=O) groups is 1.